The number of aromatic nitrogens is 2. The topological polar surface area (TPSA) is 29.9 Å². The Morgan fingerprint density at radius 1 is 1.53 bits per heavy atom. The molecule has 84 valence electrons. The molecule has 2 heterocycles. The molecule has 1 aromatic rings. The van der Waals surface area contributed by atoms with Crippen LogP contribution in [0.25, 0.3) is 0 Å². The van der Waals surface area contributed by atoms with Crippen LogP contribution < -0.4 is 5.32 Å². The molecule has 0 spiro atoms. The summed E-state index contributed by atoms with van der Waals surface area (Å²) in [6.45, 7) is 6.62. The Morgan fingerprint density at radius 3 is 3.07 bits per heavy atom. The zero-order chi connectivity index (χ0) is 10.7. The maximum Gasteiger partial charge on any atom is 0.0537 e. The Balaban J connectivity index is 1.99. The van der Waals surface area contributed by atoms with E-state index < -0.39 is 0 Å². The minimum absolute atomic E-state index is 0.541. The molecule has 3 nitrogen and oxygen atoms in total. The molecule has 1 fully saturated rings. The summed E-state index contributed by atoms with van der Waals surface area (Å²) in [6, 6.07) is 0.541. The highest BCUT2D eigenvalue weighted by Gasteiger charge is 2.16. The summed E-state index contributed by atoms with van der Waals surface area (Å²) in [6.07, 6.45) is 8.13. The second-order valence-electron chi connectivity index (χ2n) is 4.89. The lowest BCUT2D eigenvalue weighted by Crippen LogP contribution is -2.26. The van der Waals surface area contributed by atoms with E-state index in [4.69, 9.17) is 0 Å². The maximum absolute atomic E-state index is 4.41. The van der Waals surface area contributed by atoms with Crippen LogP contribution in [-0.4, -0.2) is 16.3 Å². The summed E-state index contributed by atoms with van der Waals surface area (Å²) in [5.41, 5.74) is 1.36. The van der Waals surface area contributed by atoms with Crippen LogP contribution in [0.2, 0.25) is 0 Å². The molecule has 3 heteroatoms. The van der Waals surface area contributed by atoms with E-state index >= 15 is 0 Å². The van der Waals surface area contributed by atoms with Gasteiger partial charge in [0.2, 0.25) is 0 Å². The van der Waals surface area contributed by atoms with Crippen LogP contribution in [0.15, 0.2) is 12.4 Å². The predicted molar refractivity (Wildman–Crippen MR) is 61.7 cm³/mol. The van der Waals surface area contributed by atoms with Gasteiger partial charge in [-0.25, -0.2) is 0 Å². The molecule has 1 N–H and O–H groups in total. The molecular formula is C12H21N3. The highest BCUT2D eigenvalue weighted by Crippen LogP contribution is 2.22. The molecule has 1 atom stereocenters. The monoisotopic (exact) mass is 207 g/mol. The minimum atomic E-state index is 0.541. The van der Waals surface area contributed by atoms with Crippen molar-refractivity contribution in [2.45, 2.75) is 45.7 Å². The van der Waals surface area contributed by atoms with Gasteiger partial charge in [-0.05, 0) is 25.3 Å². The molecule has 15 heavy (non-hydrogen) atoms. The van der Waals surface area contributed by atoms with Crippen LogP contribution >= 0.6 is 0 Å². The Hall–Kier alpha value is -0.830. The first kappa shape index (κ1) is 10.7. The van der Waals surface area contributed by atoms with Crippen molar-refractivity contribution in [1.82, 2.24) is 15.1 Å². The van der Waals surface area contributed by atoms with Crippen LogP contribution in [0.4, 0.5) is 0 Å². The first-order chi connectivity index (χ1) is 7.25. The van der Waals surface area contributed by atoms with E-state index in [1.165, 1.54) is 24.8 Å². The van der Waals surface area contributed by atoms with Crippen molar-refractivity contribution >= 4 is 0 Å². The van der Waals surface area contributed by atoms with Gasteiger partial charge in [-0.3, -0.25) is 4.68 Å². The number of hydrogen-bond donors (Lipinski definition) is 1. The Kier molecular flexibility index (Phi) is 3.41. The van der Waals surface area contributed by atoms with Crippen LogP contribution in [-0.2, 0) is 6.54 Å². The Labute approximate surface area is 91.9 Å². The van der Waals surface area contributed by atoms with Gasteiger partial charge in [0.15, 0.2) is 0 Å². The minimum Gasteiger partial charge on any atom is -0.310 e. The van der Waals surface area contributed by atoms with E-state index in [1.807, 2.05) is 6.20 Å². The molecule has 0 saturated carbocycles. The molecular weight excluding hydrogens is 186 g/mol. The lowest BCUT2D eigenvalue weighted by molar-refractivity contribution is 0.411. The Morgan fingerprint density at radius 2 is 2.40 bits per heavy atom. The SMILES string of the molecule is CC(C)Cn1cc([C@@H]2CCCCN2)cn1. The number of piperidine rings is 1. The van der Waals surface area contributed by atoms with Crippen molar-refractivity contribution in [2.24, 2.45) is 5.92 Å². The molecule has 0 unspecified atom stereocenters. The second-order valence-corrected chi connectivity index (χ2v) is 4.89. The number of hydrogen-bond acceptors (Lipinski definition) is 2. The number of nitrogens with zero attached hydrogens (tertiary/aromatic N) is 2. The average molecular weight is 207 g/mol. The lowest BCUT2D eigenvalue weighted by Gasteiger charge is -2.22. The van der Waals surface area contributed by atoms with Crippen LogP contribution in [0.1, 0.15) is 44.7 Å². The van der Waals surface area contributed by atoms with Crippen LogP contribution in [0, 0.1) is 5.92 Å². The van der Waals surface area contributed by atoms with E-state index in [0.717, 1.165) is 13.1 Å². The number of rotatable bonds is 3. The molecule has 1 aromatic heterocycles. The zero-order valence-corrected chi connectivity index (χ0v) is 9.74. The van der Waals surface area contributed by atoms with Crippen molar-refractivity contribution in [3.63, 3.8) is 0 Å². The van der Waals surface area contributed by atoms with Gasteiger partial charge in [-0.15, -0.1) is 0 Å². The van der Waals surface area contributed by atoms with Crippen molar-refractivity contribution in [3.8, 4) is 0 Å². The summed E-state index contributed by atoms with van der Waals surface area (Å²) in [4.78, 5) is 0. The van der Waals surface area contributed by atoms with Crippen molar-refractivity contribution in [2.75, 3.05) is 6.54 Å². The van der Waals surface area contributed by atoms with E-state index in [2.05, 4.69) is 35.1 Å². The van der Waals surface area contributed by atoms with Gasteiger partial charge in [-0.2, -0.15) is 5.10 Å². The highest BCUT2D eigenvalue weighted by molar-refractivity contribution is 5.11. The van der Waals surface area contributed by atoms with Gasteiger partial charge in [-0.1, -0.05) is 20.3 Å². The smallest absolute Gasteiger partial charge is 0.0537 e. The standard InChI is InChI=1S/C12H21N3/c1-10(2)8-15-9-11(7-14-15)12-5-3-4-6-13-12/h7,9-10,12-13H,3-6,8H2,1-2H3/t12-/m0/s1. The Bertz CT molecular complexity index is 298. The van der Waals surface area contributed by atoms with E-state index in [1.54, 1.807) is 0 Å². The molecule has 0 amide bonds. The van der Waals surface area contributed by atoms with Gasteiger partial charge >= 0.3 is 0 Å². The number of nitrogens with one attached hydrogen (secondary N) is 1. The quantitative estimate of drug-likeness (QED) is 0.824. The first-order valence-electron chi connectivity index (χ1n) is 6.01. The fourth-order valence-corrected chi connectivity index (χ4v) is 2.17. The summed E-state index contributed by atoms with van der Waals surface area (Å²) < 4.78 is 2.07. The fourth-order valence-electron chi connectivity index (χ4n) is 2.17. The van der Waals surface area contributed by atoms with Crippen LogP contribution in [0.5, 0.6) is 0 Å². The summed E-state index contributed by atoms with van der Waals surface area (Å²) >= 11 is 0. The van der Waals surface area contributed by atoms with Gasteiger partial charge < -0.3 is 5.32 Å². The van der Waals surface area contributed by atoms with Crippen molar-refractivity contribution < 1.29 is 0 Å². The molecule has 0 bridgehead atoms. The second kappa shape index (κ2) is 4.79. The largest absolute Gasteiger partial charge is 0.310 e. The van der Waals surface area contributed by atoms with Crippen molar-refractivity contribution in [1.29, 1.82) is 0 Å². The third-order valence-corrected chi connectivity index (χ3v) is 2.92. The molecule has 0 radical (unpaired) electrons. The lowest BCUT2D eigenvalue weighted by atomic mass is 10.0. The van der Waals surface area contributed by atoms with Crippen molar-refractivity contribution in [3.05, 3.63) is 18.0 Å². The highest BCUT2D eigenvalue weighted by atomic mass is 15.3. The first-order valence-corrected chi connectivity index (χ1v) is 6.01. The van der Waals surface area contributed by atoms with Crippen LogP contribution in [0.3, 0.4) is 0 Å². The molecule has 0 aromatic carbocycles. The molecule has 0 aliphatic carbocycles. The maximum atomic E-state index is 4.41. The van der Waals surface area contributed by atoms with Gasteiger partial charge in [0.1, 0.15) is 0 Å². The van der Waals surface area contributed by atoms with E-state index in [-0.39, 0.29) is 0 Å². The van der Waals surface area contributed by atoms with Gasteiger partial charge in [0.25, 0.3) is 0 Å². The summed E-state index contributed by atoms with van der Waals surface area (Å²) in [5.74, 6) is 0.664. The summed E-state index contributed by atoms with van der Waals surface area (Å²) in [7, 11) is 0. The molecule has 1 aliphatic heterocycles. The average Bonchev–Trinajstić information content (AvgIpc) is 2.67. The molecule has 2 rings (SSSR count). The molecule has 1 saturated heterocycles. The normalized spacial score (nSPS) is 22.2. The van der Waals surface area contributed by atoms with Gasteiger partial charge in [0.05, 0.1) is 6.20 Å². The zero-order valence-electron chi connectivity index (χ0n) is 9.74. The fraction of sp³-hybridized carbons (Fsp3) is 0.750. The van der Waals surface area contributed by atoms with E-state index in [0.29, 0.717) is 12.0 Å². The summed E-state index contributed by atoms with van der Waals surface area (Å²) in [5, 5.41) is 7.96. The molecule has 1 aliphatic rings. The van der Waals surface area contributed by atoms with Gasteiger partial charge in [0, 0.05) is 24.3 Å². The third-order valence-electron chi connectivity index (χ3n) is 2.92. The third kappa shape index (κ3) is 2.81. The predicted octanol–water partition coefficient (Wildman–Crippen LogP) is 2.35. The van der Waals surface area contributed by atoms with E-state index in [9.17, 15) is 0 Å².